The lowest BCUT2D eigenvalue weighted by Crippen LogP contribution is -2.34. The number of carbonyl (C=O) groups is 1. The van der Waals surface area contributed by atoms with Crippen molar-refractivity contribution in [3.8, 4) is 0 Å². The second kappa shape index (κ2) is 7.96. The Balaban J connectivity index is 2.07. The van der Waals surface area contributed by atoms with Crippen LogP contribution in [0.4, 0.5) is 0 Å². The molecule has 4 heteroatoms. The van der Waals surface area contributed by atoms with E-state index in [0.29, 0.717) is 12.4 Å². The summed E-state index contributed by atoms with van der Waals surface area (Å²) in [5.41, 5.74) is 5.72. The molecule has 94 valence electrons. The van der Waals surface area contributed by atoms with Crippen LogP contribution in [0.15, 0.2) is 0 Å². The van der Waals surface area contributed by atoms with Crippen LogP contribution in [0.25, 0.3) is 0 Å². The smallest absolute Gasteiger partial charge is 0.323 e. The van der Waals surface area contributed by atoms with E-state index in [9.17, 15) is 4.79 Å². The summed E-state index contributed by atoms with van der Waals surface area (Å²) < 4.78 is 4.87. The normalized spacial score (nSPS) is 19.4. The summed E-state index contributed by atoms with van der Waals surface area (Å²) in [5.74, 6) is 2.41. The Kier molecular flexibility index (Phi) is 6.88. The lowest BCUT2D eigenvalue weighted by Gasteiger charge is -2.21. The molecule has 3 nitrogen and oxygen atoms in total. The zero-order valence-corrected chi connectivity index (χ0v) is 10.9. The van der Waals surface area contributed by atoms with Crippen molar-refractivity contribution in [2.24, 2.45) is 11.7 Å². The standard InChI is InChI=1S/C12H23NO2S/c1-2-15-12(14)11(13)9-16-8-10-6-4-3-5-7-10/h10-11H,2-9,13H2,1H3/t11-/m0/s1. The third kappa shape index (κ3) is 5.21. The minimum absolute atomic E-state index is 0.265. The van der Waals surface area contributed by atoms with Crippen LogP contribution in [-0.2, 0) is 9.53 Å². The summed E-state index contributed by atoms with van der Waals surface area (Å²) >= 11 is 1.80. The van der Waals surface area contributed by atoms with Gasteiger partial charge in [-0.2, -0.15) is 11.8 Å². The van der Waals surface area contributed by atoms with Crippen molar-refractivity contribution in [3.05, 3.63) is 0 Å². The van der Waals surface area contributed by atoms with Gasteiger partial charge in [-0.15, -0.1) is 0 Å². The topological polar surface area (TPSA) is 52.3 Å². The van der Waals surface area contributed by atoms with Crippen molar-refractivity contribution >= 4 is 17.7 Å². The minimum atomic E-state index is -0.450. The van der Waals surface area contributed by atoms with E-state index in [-0.39, 0.29) is 5.97 Å². The van der Waals surface area contributed by atoms with Gasteiger partial charge in [0.15, 0.2) is 0 Å². The van der Waals surface area contributed by atoms with Gasteiger partial charge in [-0.25, -0.2) is 0 Å². The maximum absolute atomic E-state index is 11.3. The molecule has 1 atom stereocenters. The second-order valence-electron chi connectivity index (χ2n) is 4.40. The Morgan fingerprint density at radius 2 is 2.12 bits per heavy atom. The predicted octanol–water partition coefficient (Wildman–Crippen LogP) is 2.19. The number of hydrogen-bond donors (Lipinski definition) is 1. The van der Waals surface area contributed by atoms with Crippen molar-refractivity contribution in [3.63, 3.8) is 0 Å². The molecule has 0 aromatic carbocycles. The number of hydrogen-bond acceptors (Lipinski definition) is 4. The Bertz CT molecular complexity index is 205. The number of carbonyl (C=O) groups excluding carboxylic acids is 1. The molecule has 1 fully saturated rings. The highest BCUT2D eigenvalue weighted by atomic mass is 32.2. The first kappa shape index (κ1) is 13.8. The zero-order valence-electron chi connectivity index (χ0n) is 10.1. The van der Waals surface area contributed by atoms with Crippen molar-refractivity contribution in [2.45, 2.75) is 45.1 Å². The third-order valence-corrected chi connectivity index (χ3v) is 4.27. The number of ether oxygens (including phenoxy) is 1. The molecule has 0 saturated heterocycles. The van der Waals surface area contributed by atoms with Gasteiger partial charge in [0.1, 0.15) is 6.04 Å². The molecule has 1 aliphatic carbocycles. The number of thioether (sulfide) groups is 1. The van der Waals surface area contributed by atoms with E-state index < -0.39 is 6.04 Å². The van der Waals surface area contributed by atoms with Crippen LogP contribution in [0.3, 0.4) is 0 Å². The summed E-state index contributed by atoms with van der Waals surface area (Å²) in [5, 5.41) is 0. The molecule has 0 radical (unpaired) electrons. The van der Waals surface area contributed by atoms with Crippen LogP contribution in [0.5, 0.6) is 0 Å². The van der Waals surface area contributed by atoms with Gasteiger partial charge in [0.25, 0.3) is 0 Å². The molecule has 0 unspecified atom stereocenters. The molecule has 1 aliphatic rings. The Morgan fingerprint density at radius 3 is 2.75 bits per heavy atom. The fourth-order valence-electron chi connectivity index (χ4n) is 2.03. The van der Waals surface area contributed by atoms with Crippen LogP contribution >= 0.6 is 11.8 Å². The Morgan fingerprint density at radius 1 is 1.44 bits per heavy atom. The molecule has 0 aromatic heterocycles. The van der Waals surface area contributed by atoms with Gasteiger partial charge in [-0.1, -0.05) is 19.3 Å². The molecule has 0 amide bonds. The Labute approximate surface area is 102 Å². The maximum atomic E-state index is 11.3. The lowest BCUT2D eigenvalue weighted by atomic mass is 9.91. The molecule has 2 N–H and O–H groups in total. The first-order valence-corrected chi connectivity index (χ1v) is 7.39. The minimum Gasteiger partial charge on any atom is -0.465 e. The third-order valence-electron chi connectivity index (χ3n) is 2.97. The van der Waals surface area contributed by atoms with Crippen molar-refractivity contribution in [2.75, 3.05) is 18.1 Å². The SMILES string of the molecule is CCOC(=O)[C@@H](N)CSCC1CCCCC1. The quantitative estimate of drug-likeness (QED) is 0.729. The zero-order chi connectivity index (χ0) is 11.8. The van der Waals surface area contributed by atoms with Gasteiger partial charge in [-0.05, 0) is 31.4 Å². The van der Waals surface area contributed by atoms with Gasteiger partial charge in [-0.3, -0.25) is 4.79 Å². The molecule has 0 aliphatic heterocycles. The molecule has 16 heavy (non-hydrogen) atoms. The molecular weight excluding hydrogens is 222 g/mol. The predicted molar refractivity (Wildman–Crippen MR) is 68.5 cm³/mol. The summed E-state index contributed by atoms with van der Waals surface area (Å²) in [6, 6.07) is -0.450. The van der Waals surface area contributed by atoms with E-state index >= 15 is 0 Å². The van der Waals surface area contributed by atoms with E-state index in [4.69, 9.17) is 10.5 Å². The van der Waals surface area contributed by atoms with E-state index in [1.165, 1.54) is 32.1 Å². The summed E-state index contributed by atoms with van der Waals surface area (Å²) in [7, 11) is 0. The molecule has 0 aromatic rings. The highest BCUT2D eigenvalue weighted by molar-refractivity contribution is 7.99. The fourth-order valence-corrected chi connectivity index (χ4v) is 3.23. The van der Waals surface area contributed by atoms with Crippen molar-refractivity contribution in [1.29, 1.82) is 0 Å². The van der Waals surface area contributed by atoms with Gasteiger partial charge in [0.2, 0.25) is 0 Å². The highest BCUT2D eigenvalue weighted by Gasteiger charge is 2.17. The van der Waals surface area contributed by atoms with E-state index in [1.54, 1.807) is 18.7 Å². The lowest BCUT2D eigenvalue weighted by molar-refractivity contribution is -0.144. The first-order valence-electron chi connectivity index (χ1n) is 6.24. The molecule has 0 heterocycles. The summed E-state index contributed by atoms with van der Waals surface area (Å²) in [4.78, 5) is 11.3. The number of nitrogens with two attached hydrogens (primary N) is 1. The monoisotopic (exact) mass is 245 g/mol. The highest BCUT2D eigenvalue weighted by Crippen LogP contribution is 2.26. The summed E-state index contributed by atoms with van der Waals surface area (Å²) in [6.07, 6.45) is 6.83. The van der Waals surface area contributed by atoms with Crippen LogP contribution in [0.2, 0.25) is 0 Å². The molecule has 0 bridgehead atoms. The van der Waals surface area contributed by atoms with Crippen LogP contribution in [-0.4, -0.2) is 30.1 Å². The van der Waals surface area contributed by atoms with Crippen LogP contribution in [0.1, 0.15) is 39.0 Å². The van der Waals surface area contributed by atoms with E-state index in [0.717, 1.165) is 11.7 Å². The first-order chi connectivity index (χ1) is 7.74. The van der Waals surface area contributed by atoms with Crippen molar-refractivity contribution in [1.82, 2.24) is 0 Å². The number of rotatable bonds is 6. The van der Waals surface area contributed by atoms with E-state index in [1.807, 2.05) is 0 Å². The average molecular weight is 245 g/mol. The second-order valence-corrected chi connectivity index (χ2v) is 5.47. The molecule has 0 spiro atoms. The van der Waals surface area contributed by atoms with Crippen LogP contribution < -0.4 is 5.73 Å². The maximum Gasteiger partial charge on any atom is 0.323 e. The molecule has 1 saturated carbocycles. The van der Waals surface area contributed by atoms with Gasteiger partial charge in [0, 0.05) is 5.75 Å². The molecule has 1 rings (SSSR count). The van der Waals surface area contributed by atoms with Crippen molar-refractivity contribution < 1.29 is 9.53 Å². The largest absolute Gasteiger partial charge is 0.465 e. The van der Waals surface area contributed by atoms with E-state index in [2.05, 4.69) is 0 Å². The summed E-state index contributed by atoms with van der Waals surface area (Å²) in [6.45, 7) is 2.22. The van der Waals surface area contributed by atoms with Gasteiger partial charge in [0.05, 0.1) is 6.61 Å². The Hall–Kier alpha value is -0.220. The van der Waals surface area contributed by atoms with Crippen LogP contribution in [0, 0.1) is 5.92 Å². The number of esters is 1. The fraction of sp³-hybridized carbons (Fsp3) is 0.917. The average Bonchev–Trinajstić information content (AvgIpc) is 2.30. The van der Waals surface area contributed by atoms with Gasteiger partial charge < -0.3 is 10.5 Å². The molecular formula is C12H23NO2S. The van der Waals surface area contributed by atoms with Gasteiger partial charge >= 0.3 is 5.97 Å².